The predicted molar refractivity (Wildman–Crippen MR) is 127 cm³/mol. The molecule has 172 valence electrons. The summed E-state index contributed by atoms with van der Waals surface area (Å²) in [4.78, 5) is 15.2. The zero-order chi connectivity index (χ0) is 23.7. The molecule has 1 saturated carbocycles. The van der Waals surface area contributed by atoms with Crippen molar-refractivity contribution in [2.24, 2.45) is 0 Å². The first kappa shape index (κ1) is 22.1. The lowest BCUT2D eigenvalue weighted by Gasteiger charge is -2.23. The Hall–Kier alpha value is -3.71. The average molecular weight is 476 g/mol. The van der Waals surface area contributed by atoms with Crippen LogP contribution in [0.25, 0.3) is 10.8 Å². The summed E-state index contributed by atoms with van der Waals surface area (Å²) in [5, 5.41) is 1.91. The van der Waals surface area contributed by atoms with Gasteiger partial charge in [0.15, 0.2) is 0 Å². The number of carbonyl (C=O) groups is 1. The number of amides is 1. The number of carbonyl (C=O) groups excluding carboxylic acids is 1. The first-order valence-corrected chi connectivity index (χ1v) is 12.4. The van der Waals surface area contributed by atoms with E-state index in [0.717, 1.165) is 53.4 Å². The van der Waals surface area contributed by atoms with Crippen molar-refractivity contribution < 1.29 is 21.8 Å². The number of hydrogen-bond acceptors (Lipinski definition) is 4. The summed E-state index contributed by atoms with van der Waals surface area (Å²) >= 11 is 0. The first-order chi connectivity index (χ1) is 16.4. The third-order valence-corrected chi connectivity index (χ3v) is 7.09. The molecule has 0 atom stereocenters. The molecule has 0 unspecified atom stereocenters. The number of rotatable bonds is 7. The van der Waals surface area contributed by atoms with Gasteiger partial charge in [0.1, 0.15) is 16.5 Å². The Labute approximate surface area is 197 Å². The van der Waals surface area contributed by atoms with E-state index in [2.05, 4.69) is 0 Å². The zero-order valence-corrected chi connectivity index (χ0v) is 19.0. The van der Waals surface area contributed by atoms with Crippen molar-refractivity contribution in [2.75, 3.05) is 0 Å². The fourth-order valence-corrected chi connectivity index (χ4v) is 4.91. The summed E-state index contributed by atoms with van der Waals surface area (Å²) in [6.07, 6.45) is 1.87. The van der Waals surface area contributed by atoms with Gasteiger partial charge in [-0.1, -0.05) is 48.5 Å². The summed E-state index contributed by atoms with van der Waals surface area (Å²) in [6.45, 7) is 0.334. The maximum absolute atomic E-state index is 13.5. The lowest BCUT2D eigenvalue weighted by molar-refractivity contribution is 0.0732. The molecular weight excluding hydrogens is 453 g/mol. The normalized spacial score (nSPS) is 13.6. The highest BCUT2D eigenvalue weighted by Crippen LogP contribution is 2.32. The van der Waals surface area contributed by atoms with Gasteiger partial charge < -0.3 is 9.08 Å². The van der Waals surface area contributed by atoms with Gasteiger partial charge in [0.05, 0.1) is 0 Å². The Balaban J connectivity index is 1.39. The van der Waals surface area contributed by atoms with Gasteiger partial charge in [-0.05, 0) is 71.6 Å². The predicted octanol–water partition coefficient (Wildman–Crippen LogP) is 5.55. The van der Waals surface area contributed by atoms with E-state index >= 15 is 0 Å². The molecule has 0 saturated heterocycles. The van der Waals surface area contributed by atoms with E-state index in [1.165, 1.54) is 0 Å². The third-order valence-electron chi connectivity index (χ3n) is 5.83. The minimum atomic E-state index is -4.11. The molecule has 4 aromatic carbocycles. The van der Waals surface area contributed by atoms with Crippen LogP contribution in [0.4, 0.5) is 4.39 Å². The molecule has 0 aliphatic heterocycles. The molecule has 0 spiro atoms. The Kier molecular flexibility index (Phi) is 5.79. The van der Waals surface area contributed by atoms with E-state index in [0.29, 0.717) is 12.1 Å². The summed E-state index contributed by atoms with van der Waals surface area (Å²) < 4.78 is 43.6. The molecule has 7 heteroatoms. The SMILES string of the molecule is O=C(c1cccc2ccccc12)N(Cc1cccc(OS(=O)(=O)c2ccc(F)cc2)c1)C1CC1. The van der Waals surface area contributed by atoms with Crippen LogP contribution in [0.15, 0.2) is 95.9 Å². The van der Waals surface area contributed by atoms with Crippen LogP contribution < -0.4 is 4.18 Å². The fraction of sp³-hybridized carbons (Fsp3) is 0.148. The van der Waals surface area contributed by atoms with Gasteiger partial charge in [-0.25, -0.2) is 4.39 Å². The van der Waals surface area contributed by atoms with Crippen molar-refractivity contribution >= 4 is 26.8 Å². The molecule has 1 amide bonds. The maximum Gasteiger partial charge on any atom is 0.339 e. The van der Waals surface area contributed by atoms with Crippen molar-refractivity contribution in [2.45, 2.75) is 30.3 Å². The quantitative estimate of drug-likeness (QED) is 0.329. The largest absolute Gasteiger partial charge is 0.379 e. The number of nitrogens with zero attached hydrogens (tertiary/aromatic N) is 1. The second-order valence-electron chi connectivity index (χ2n) is 8.33. The highest BCUT2D eigenvalue weighted by Gasteiger charge is 2.33. The van der Waals surface area contributed by atoms with Crippen molar-refractivity contribution in [1.29, 1.82) is 0 Å². The Morgan fingerprint density at radius 1 is 0.912 bits per heavy atom. The molecule has 0 bridgehead atoms. The summed E-state index contributed by atoms with van der Waals surface area (Å²) in [5.41, 5.74) is 1.41. The first-order valence-electron chi connectivity index (χ1n) is 11.0. The minimum absolute atomic E-state index is 0.0513. The van der Waals surface area contributed by atoms with Gasteiger partial charge in [-0.2, -0.15) is 8.42 Å². The number of fused-ring (bicyclic) bond motifs is 1. The number of benzene rings is 4. The Bertz CT molecular complexity index is 1460. The molecule has 0 N–H and O–H groups in total. The topological polar surface area (TPSA) is 63.7 Å². The van der Waals surface area contributed by atoms with Crippen LogP contribution in [0.1, 0.15) is 28.8 Å². The van der Waals surface area contributed by atoms with E-state index in [4.69, 9.17) is 4.18 Å². The van der Waals surface area contributed by atoms with Gasteiger partial charge in [0, 0.05) is 18.2 Å². The molecule has 34 heavy (non-hydrogen) atoms. The van der Waals surface area contributed by atoms with Crippen LogP contribution in [-0.2, 0) is 16.7 Å². The smallest absolute Gasteiger partial charge is 0.339 e. The lowest BCUT2D eigenvalue weighted by atomic mass is 10.0. The van der Waals surface area contributed by atoms with Gasteiger partial charge in [-0.15, -0.1) is 0 Å². The second-order valence-corrected chi connectivity index (χ2v) is 9.88. The van der Waals surface area contributed by atoms with Crippen LogP contribution in [0, 0.1) is 5.82 Å². The van der Waals surface area contributed by atoms with Crippen LogP contribution in [-0.4, -0.2) is 25.3 Å². The summed E-state index contributed by atoms with van der Waals surface area (Å²) in [7, 11) is -4.11. The molecule has 0 heterocycles. The van der Waals surface area contributed by atoms with Crippen LogP contribution in [0.3, 0.4) is 0 Å². The van der Waals surface area contributed by atoms with Gasteiger partial charge in [0.2, 0.25) is 0 Å². The van der Waals surface area contributed by atoms with Crippen LogP contribution in [0.2, 0.25) is 0 Å². The van der Waals surface area contributed by atoms with E-state index in [1.54, 1.807) is 18.2 Å². The molecule has 0 aromatic heterocycles. The van der Waals surface area contributed by atoms with Gasteiger partial charge in [-0.3, -0.25) is 4.79 Å². The molecule has 0 radical (unpaired) electrons. The molecule has 4 aromatic rings. The van der Waals surface area contributed by atoms with Gasteiger partial charge in [0.25, 0.3) is 5.91 Å². The van der Waals surface area contributed by atoms with E-state index in [9.17, 15) is 17.6 Å². The monoisotopic (exact) mass is 475 g/mol. The van der Waals surface area contributed by atoms with Crippen molar-refractivity contribution in [3.8, 4) is 5.75 Å². The van der Waals surface area contributed by atoms with Crippen molar-refractivity contribution in [1.82, 2.24) is 4.90 Å². The molecular formula is C27H22FNO4S. The lowest BCUT2D eigenvalue weighted by Crippen LogP contribution is -2.32. The molecule has 1 aliphatic carbocycles. The van der Waals surface area contributed by atoms with Crippen molar-refractivity contribution in [3.05, 3.63) is 108 Å². The molecule has 1 aliphatic rings. The highest BCUT2D eigenvalue weighted by atomic mass is 32.2. The average Bonchev–Trinajstić information content (AvgIpc) is 3.67. The zero-order valence-electron chi connectivity index (χ0n) is 18.2. The van der Waals surface area contributed by atoms with E-state index in [1.807, 2.05) is 53.4 Å². The second kappa shape index (κ2) is 8.91. The Morgan fingerprint density at radius 2 is 1.62 bits per heavy atom. The highest BCUT2D eigenvalue weighted by molar-refractivity contribution is 7.87. The summed E-state index contributed by atoms with van der Waals surface area (Å²) in [6, 6.07) is 24.8. The van der Waals surface area contributed by atoms with Crippen LogP contribution >= 0.6 is 0 Å². The van der Waals surface area contributed by atoms with Gasteiger partial charge >= 0.3 is 10.1 Å². The number of halogens is 1. The molecule has 5 nitrogen and oxygen atoms in total. The van der Waals surface area contributed by atoms with Crippen molar-refractivity contribution in [3.63, 3.8) is 0 Å². The van der Waals surface area contributed by atoms with E-state index in [-0.39, 0.29) is 22.6 Å². The molecule has 5 rings (SSSR count). The standard InChI is InChI=1S/C27H22FNO4S/c28-21-11-15-24(16-12-21)34(31,32)33-23-8-3-5-19(17-23)18-29(22-13-14-22)27(30)26-10-4-7-20-6-1-2-9-25(20)26/h1-12,15-17,22H,13-14,18H2. The maximum atomic E-state index is 13.5. The van der Waals surface area contributed by atoms with Crippen LogP contribution in [0.5, 0.6) is 5.75 Å². The van der Waals surface area contributed by atoms with E-state index < -0.39 is 15.9 Å². The number of hydrogen-bond donors (Lipinski definition) is 0. The minimum Gasteiger partial charge on any atom is -0.379 e. The summed E-state index contributed by atoms with van der Waals surface area (Å²) in [5.74, 6) is -0.447. The third kappa shape index (κ3) is 4.65. The Morgan fingerprint density at radius 3 is 2.38 bits per heavy atom. The fourth-order valence-electron chi connectivity index (χ4n) is 3.99. The molecule has 1 fully saturated rings.